The van der Waals surface area contributed by atoms with E-state index >= 15 is 0 Å². The van der Waals surface area contributed by atoms with Gasteiger partial charge < -0.3 is 24.1 Å². The van der Waals surface area contributed by atoms with E-state index in [0.717, 1.165) is 5.56 Å². The minimum atomic E-state index is -0.837. The normalized spacial score (nSPS) is 15.9. The highest BCUT2D eigenvalue weighted by Crippen LogP contribution is 2.40. The molecule has 6 rings (SSSR count). The van der Waals surface area contributed by atoms with E-state index in [-0.39, 0.29) is 36.0 Å². The molecule has 0 amide bonds. The number of ether oxygens (including phenoxy) is 4. The van der Waals surface area contributed by atoms with Gasteiger partial charge in [-0.15, -0.1) is 0 Å². The number of aromatic hydroxyl groups is 1. The summed E-state index contributed by atoms with van der Waals surface area (Å²) in [5.41, 5.74) is 2.38. The van der Waals surface area contributed by atoms with Gasteiger partial charge in [0.05, 0.1) is 35.6 Å². The predicted octanol–water partition coefficient (Wildman–Crippen LogP) is 3.38. The van der Waals surface area contributed by atoms with E-state index < -0.39 is 12.0 Å². The Bertz CT molecular complexity index is 1840. The van der Waals surface area contributed by atoms with Gasteiger partial charge in [0.15, 0.2) is 27.8 Å². The van der Waals surface area contributed by atoms with Gasteiger partial charge in [-0.2, -0.15) is 0 Å². The van der Waals surface area contributed by atoms with Crippen LogP contribution in [0.25, 0.3) is 11.8 Å². The lowest BCUT2D eigenvalue weighted by Crippen LogP contribution is -2.40. The largest absolute Gasteiger partial charge is 0.504 e. The van der Waals surface area contributed by atoms with Crippen molar-refractivity contribution in [2.24, 2.45) is 4.99 Å². The third kappa shape index (κ3) is 4.42. The minimum absolute atomic E-state index is 0.00417. The zero-order chi connectivity index (χ0) is 27.8. The number of phenolic OH excluding ortho intramolecular Hbond substituents is 1. The molecule has 3 heterocycles. The fraction of sp³-hybridized carbons (Fsp3) is 0.167. The first kappa shape index (κ1) is 25.4. The molecule has 1 aromatic heterocycles. The van der Waals surface area contributed by atoms with E-state index in [0.29, 0.717) is 37.7 Å². The summed E-state index contributed by atoms with van der Waals surface area (Å²) in [6.45, 7) is 1.98. The third-order valence-corrected chi connectivity index (χ3v) is 7.57. The van der Waals surface area contributed by atoms with Gasteiger partial charge in [0.1, 0.15) is 0 Å². The molecule has 0 saturated carbocycles. The summed E-state index contributed by atoms with van der Waals surface area (Å²) in [7, 11) is 1.46. The molecular weight excluding hydrogens is 532 g/mol. The third-order valence-electron chi connectivity index (χ3n) is 6.59. The van der Waals surface area contributed by atoms with Gasteiger partial charge in [-0.3, -0.25) is 9.36 Å². The van der Waals surface area contributed by atoms with Gasteiger partial charge in [-0.1, -0.05) is 53.8 Å². The smallest absolute Gasteiger partial charge is 0.338 e. The van der Waals surface area contributed by atoms with Gasteiger partial charge in [-0.05, 0) is 48.4 Å². The molecule has 10 heteroatoms. The lowest BCUT2D eigenvalue weighted by molar-refractivity contribution is -0.138. The Morgan fingerprint density at radius 1 is 1.12 bits per heavy atom. The summed E-state index contributed by atoms with van der Waals surface area (Å²) in [6.07, 6.45) is 1.71. The second-order valence-electron chi connectivity index (χ2n) is 8.98. The van der Waals surface area contributed by atoms with Gasteiger partial charge >= 0.3 is 5.97 Å². The Hall–Kier alpha value is -4.83. The lowest BCUT2D eigenvalue weighted by Gasteiger charge is -2.26. The number of methoxy groups -OCH3 is 1. The highest BCUT2D eigenvalue weighted by Gasteiger charge is 2.36. The Morgan fingerprint density at radius 2 is 1.93 bits per heavy atom. The van der Waals surface area contributed by atoms with Crippen molar-refractivity contribution in [3.8, 4) is 23.0 Å². The van der Waals surface area contributed by atoms with Crippen molar-refractivity contribution in [3.63, 3.8) is 0 Å². The van der Waals surface area contributed by atoms with Gasteiger partial charge in [0, 0.05) is 5.56 Å². The van der Waals surface area contributed by atoms with Crippen LogP contribution in [0.3, 0.4) is 0 Å². The Kier molecular flexibility index (Phi) is 6.61. The summed E-state index contributed by atoms with van der Waals surface area (Å²) in [5.74, 6) is 0.830. The molecule has 40 heavy (non-hydrogen) atoms. The van der Waals surface area contributed by atoms with Crippen molar-refractivity contribution in [1.82, 2.24) is 4.57 Å². The number of fused-ring (bicyclic) bond motifs is 2. The number of hydrogen-bond acceptors (Lipinski definition) is 9. The van der Waals surface area contributed by atoms with Crippen molar-refractivity contribution in [2.45, 2.75) is 13.0 Å². The first-order valence-electron chi connectivity index (χ1n) is 12.5. The van der Waals surface area contributed by atoms with Crippen molar-refractivity contribution in [1.29, 1.82) is 0 Å². The summed E-state index contributed by atoms with van der Waals surface area (Å²) in [5, 5.41) is 9.99. The first-order chi connectivity index (χ1) is 19.5. The molecule has 0 spiro atoms. The molecular formula is C30H24N2O7S. The van der Waals surface area contributed by atoms with Crippen LogP contribution in [0.5, 0.6) is 23.0 Å². The molecule has 0 fully saturated rings. The van der Waals surface area contributed by atoms with Crippen LogP contribution in [-0.2, 0) is 9.53 Å². The van der Waals surface area contributed by atoms with Crippen LogP contribution in [0.1, 0.15) is 29.7 Å². The Labute approximate surface area is 232 Å². The van der Waals surface area contributed by atoms with Crippen LogP contribution in [0.15, 0.2) is 82.1 Å². The highest BCUT2D eigenvalue weighted by atomic mass is 32.1. The van der Waals surface area contributed by atoms with Crippen LogP contribution < -0.4 is 29.1 Å². The molecule has 1 N–H and O–H groups in total. The number of rotatable bonds is 6. The molecule has 2 aliphatic rings. The van der Waals surface area contributed by atoms with Crippen LogP contribution in [-0.4, -0.2) is 36.2 Å². The monoisotopic (exact) mass is 556 g/mol. The standard InChI is InChI=1S/C30H24N2O7S/c1-3-37-29(35)25-26(18-7-5-4-6-8-18)31-30-32(27(25)19-10-12-21-23(15-19)39-16-38-21)28(34)24(40-30)14-17-9-11-20(33)22(13-17)36-2/h4-15,27,33H,3,16H2,1-2H3/b24-14+/t27-/m0/s1. The number of carbonyl (C=O) groups is 1. The van der Waals surface area contributed by atoms with Crippen molar-refractivity contribution in [2.75, 3.05) is 20.5 Å². The molecule has 0 unspecified atom stereocenters. The number of carbonyl (C=O) groups excluding carboxylic acids is 1. The molecule has 202 valence electrons. The molecule has 0 aliphatic carbocycles. The number of thiazole rings is 1. The van der Waals surface area contributed by atoms with Gasteiger partial charge in [0.25, 0.3) is 5.56 Å². The fourth-order valence-corrected chi connectivity index (χ4v) is 5.78. The van der Waals surface area contributed by atoms with E-state index in [1.807, 2.05) is 36.4 Å². The van der Waals surface area contributed by atoms with Crippen LogP contribution in [0, 0.1) is 0 Å². The number of esters is 1. The highest BCUT2D eigenvalue weighted by molar-refractivity contribution is 7.07. The van der Waals surface area contributed by atoms with Gasteiger partial charge in [-0.25, -0.2) is 9.79 Å². The van der Waals surface area contributed by atoms with Crippen LogP contribution >= 0.6 is 11.3 Å². The summed E-state index contributed by atoms with van der Waals surface area (Å²) in [6, 6.07) is 18.7. The second kappa shape index (κ2) is 10.4. The molecule has 9 nitrogen and oxygen atoms in total. The number of phenols is 1. The average molecular weight is 557 g/mol. The molecule has 0 radical (unpaired) electrons. The zero-order valence-electron chi connectivity index (χ0n) is 21.6. The van der Waals surface area contributed by atoms with E-state index in [9.17, 15) is 14.7 Å². The molecule has 4 aromatic rings. The van der Waals surface area contributed by atoms with Crippen LogP contribution in [0.4, 0.5) is 0 Å². The van der Waals surface area contributed by atoms with E-state index in [1.54, 1.807) is 37.3 Å². The lowest BCUT2D eigenvalue weighted by atomic mass is 9.93. The second-order valence-corrected chi connectivity index (χ2v) is 9.98. The minimum Gasteiger partial charge on any atom is -0.504 e. The first-order valence-corrected chi connectivity index (χ1v) is 13.3. The quantitative estimate of drug-likeness (QED) is 0.363. The predicted molar refractivity (Wildman–Crippen MR) is 148 cm³/mol. The Morgan fingerprint density at radius 3 is 2.70 bits per heavy atom. The maximum Gasteiger partial charge on any atom is 0.338 e. The average Bonchev–Trinajstić information content (AvgIpc) is 3.57. The van der Waals surface area contributed by atoms with Crippen LogP contribution in [0.2, 0.25) is 0 Å². The number of aromatic nitrogens is 1. The maximum atomic E-state index is 14.0. The summed E-state index contributed by atoms with van der Waals surface area (Å²) < 4.78 is 23.8. The molecule has 0 saturated heterocycles. The van der Waals surface area contributed by atoms with E-state index in [1.165, 1.54) is 29.1 Å². The topological polar surface area (TPSA) is 109 Å². The molecule has 0 bridgehead atoms. The molecule has 1 atom stereocenters. The molecule has 3 aromatic carbocycles. The van der Waals surface area contributed by atoms with Crippen molar-refractivity contribution < 1.29 is 28.8 Å². The van der Waals surface area contributed by atoms with E-state index in [4.69, 9.17) is 23.9 Å². The van der Waals surface area contributed by atoms with Crippen molar-refractivity contribution >= 4 is 29.1 Å². The SMILES string of the molecule is CCOC(=O)C1=C(c2ccccc2)N=c2s/c(=C/c3ccc(O)c(OC)c3)c(=O)n2[C@H]1c1ccc2c(c1)OCO2. The molecule has 2 aliphatic heterocycles. The van der Waals surface area contributed by atoms with Crippen molar-refractivity contribution in [3.05, 3.63) is 109 Å². The number of hydrogen-bond donors (Lipinski definition) is 1. The fourth-order valence-electron chi connectivity index (χ4n) is 4.77. The maximum absolute atomic E-state index is 14.0. The number of nitrogens with zero attached hydrogens (tertiary/aromatic N) is 2. The van der Waals surface area contributed by atoms with E-state index in [2.05, 4.69) is 0 Å². The number of benzene rings is 3. The summed E-state index contributed by atoms with van der Waals surface area (Å²) in [4.78, 5) is 32.8. The zero-order valence-corrected chi connectivity index (χ0v) is 22.4. The summed E-state index contributed by atoms with van der Waals surface area (Å²) >= 11 is 1.21. The Balaban J connectivity index is 1.63. The van der Waals surface area contributed by atoms with Gasteiger partial charge in [0.2, 0.25) is 6.79 Å².